The van der Waals surface area contributed by atoms with Crippen molar-refractivity contribution in [3.8, 4) is 0 Å². The molecule has 0 aliphatic carbocycles. The van der Waals surface area contributed by atoms with Gasteiger partial charge in [-0.3, -0.25) is 9.59 Å². The summed E-state index contributed by atoms with van der Waals surface area (Å²) in [5.74, 6) is -0.139. The molecule has 1 aliphatic heterocycles. The molecule has 0 aromatic heterocycles. The molecule has 1 N–H and O–H groups in total. The molecule has 158 valence electrons. The van der Waals surface area contributed by atoms with Gasteiger partial charge in [-0.25, -0.2) is 0 Å². The predicted octanol–water partition coefficient (Wildman–Crippen LogP) is 4.84. The van der Waals surface area contributed by atoms with E-state index in [1.807, 2.05) is 92.7 Å². The van der Waals surface area contributed by atoms with Gasteiger partial charge < -0.3 is 10.2 Å². The fraction of sp³-hybridized carbons (Fsp3) is 0.259. The molecule has 3 aromatic carbocycles. The van der Waals surface area contributed by atoms with Crippen molar-refractivity contribution in [3.63, 3.8) is 0 Å². The van der Waals surface area contributed by atoms with Crippen LogP contribution in [0.1, 0.15) is 49.0 Å². The van der Waals surface area contributed by atoms with E-state index in [4.69, 9.17) is 0 Å². The zero-order valence-electron chi connectivity index (χ0n) is 18.0. The zero-order chi connectivity index (χ0) is 21.8. The molecule has 4 nitrogen and oxygen atoms in total. The van der Waals surface area contributed by atoms with E-state index < -0.39 is 5.54 Å². The van der Waals surface area contributed by atoms with Crippen molar-refractivity contribution in [3.05, 3.63) is 108 Å². The number of rotatable bonds is 7. The minimum atomic E-state index is -0.959. The molecule has 2 atom stereocenters. The van der Waals surface area contributed by atoms with Crippen molar-refractivity contribution in [2.75, 3.05) is 0 Å². The van der Waals surface area contributed by atoms with E-state index in [1.165, 1.54) is 0 Å². The summed E-state index contributed by atoms with van der Waals surface area (Å²) in [6.07, 6.45) is 1.12. The Morgan fingerprint density at radius 2 is 1.48 bits per heavy atom. The van der Waals surface area contributed by atoms with Crippen LogP contribution in [0.15, 0.2) is 91.0 Å². The Bertz CT molecular complexity index is 1030. The first kappa shape index (κ1) is 20.9. The lowest BCUT2D eigenvalue weighted by molar-refractivity contribution is -0.162. The summed E-state index contributed by atoms with van der Waals surface area (Å²) in [4.78, 5) is 27.8. The number of carbonyl (C=O) groups excluding carboxylic acids is 2. The van der Waals surface area contributed by atoms with Crippen LogP contribution in [-0.2, 0) is 16.0 Å². The highest BCUT2D eigenvalue weighted by atomic mass is 16.2. The van der Waals surface area contributed by atoms with E-state index in [0.29, 0.717) is 12.8 Å². The predicted molar refractivity (Wildman–Crippen MR) is 122 cm³/mol. The quantitative estimate of drug-likeness (QED) is 0.565. The molecule has 3 aromatic rings. The Balaban J connectivity index is 1.56. The Labute approximate surface area is 183 Å². The van der Waals surface area contributed by atoms with E-state index in [2.05, 4.69) is 17.4 Å². The van der Waals surface area contributed by atoms with Gasteiger partial charge in [0.15, 0.2) is 0 Å². The lowest BCUT2D eigenvalue weighted by atomic mass is 9.86. The second kappa shape index (κ2) is 8.76. The molecule has 2 amide bonds. The van der Waals surface area contributed by atoms with Gasteiger partial charge in [0.05, 0.1) is 18.5 Å². The van der Waals surface area contributed by atoms with Crippen LogP contribution in [0.3, 0.4) is 0 Å². The first-order valence-electron chi connectivity index (χ1n) is 10.7. The molecule has 1 heterocycles. The summed E-state index contributed by atoms with van der Waals surface area (Å²) in [6.45, 7) is 3.67. The molecule has 0 spiro atoms. The standard InChI is InChI=1S/C27H28N2O2/c1-27(2,29-24(19-25(29)30)22-16-10-5-11-17-22)26(31)28-23(21-14-8-4-9-15-21)18-20-12-6-3-7-13-20/h3-17,23-24H,18-19H2,1-2H3,(H,28,31). The first-order valence-corrected chi connectivity index (χ1v) is 10.7. The number of hydrogen-bond acceptors (Lipinski definition) is 2. The molecule has 0 radical (unpaired) electrons. The van der Waals surface area contributed by atoms with Crippen LogP contribution in [0.4, 0.5) is 0 Å². The Hall–Kier alpha value is -3.40. The minimum absolute atomic E-state index is 0.00771. The third-order valence-electron chi connectivity index (χ3n) is 6.08. The van der Waals surface area contributed by atoms with Gasteiger partial charge >= 0.3 is 0 Å². The summed E-state index contributed by atoms with van der Waals surface area (Å²) in [7, 11) is 0. The number of carbonyl (C=O) groups is 2. The van der Waals surface area contributed by atoms with Gasteiger partial charge in [-0.1, -0.05) is 91.0 Å². The number of hydrogen-bond donors (Lipinski definition) is 1. The van der Waals surface area contributed by atoms with E-state index in [9.17, 15) is 9.59 Å². The average Bonchev–Trinajstić information content (AvgIpc) is 2.78. The van der Waals surface area contributed by atoms with Gasteiger partial charge in [-0.05, 0) is 37.0 Å². The fourth-order valence-corrected chi connectivity index (χ4v) is 4.29. The molecule has 4 heteroatoms. The second-order valence-electron chi connectivity index (χ2n) is 8.58. The van der Waals surface area contributed by atoms with E-state index in [1.54, 1.807) is 4.90 Å². The van der Waals surface area contributed by atoms with Gasteiger partial charge in [0.2, 0.25) is 11.8 Å². The lowest BCUT2D eigenvalue weighted by Gasteiger charge is -2.50. The summed E-state index contributed by atoms with van der Waals surface area (Å²) in [5, 5.41) is 3.23. The molecule has 0 saturated carbocycles. The number of nitrogens with one attached hydrogen (secondary N) is 1. The monoisotopic (exact) mass is 412 g/mol. The molecule has 1 fully saturated rings. The van der Waals surface area contributed by atoms with E-state index in [-0.39, 0.29) is 23.9 Å². The van der Waals surface area contributed by atoms with Crippen molar-refractivity contribution in [2.24, 2.45) is 0 Å². The topological polar surface area (TPSA) is 49.4 Å². The summed E-state index contributed by atoms with van der Waals surface area (Å²) in [5.41, 5.74) is 2.30. The molecule has 2 unspecified atom stereocenters. The van der Waals surface area contributed by atoms with Gasteiger partial charge in [0.25, 0.3) is 0 Å². The highest BCUT2D eigenvalue weighted by Gasteiger charge is 2.49. The van der Waals surface area contributed by atoms with Crippen molar-refractivity contribution in [2.45, 2.75) is 44.3 Å². The largest absolute Gasteiger partial charge is 0.347 e. The maximum atomic E-state index is 13.5. The summed E-state index contributed by atoms with van der Waals surface area (Å²) < 4.78 is 0. The fourth-order valence-electron chi connectivity index (χ4n) is 4.29. The molecule has 31 heavy (non-hydrogen) atoms. The van der Waals surface area contributed by atoms with Crippen molar-refractivity contribution < 1.29 is 9.59 Å². The molecule has 1 saturated heterocycles. The van der Waals surface area contributed by atoms with Gasteiger partial charge in [0, 0.05) is 0 Å². The number of benzene rings is 3. The summed E-state index contributed by atoms with van der Waals surface area (Å²) in [6, 6.07) is 29.8. The smallest absolute Gasteiger partial charge is 0.245 e. The van der Waals surface area contributed by atoms with E-state index in [0.717, 1.165) is 16.7 Å². The molecule has 1 aliphatic rings. The van der Waals surface area contributed by atoms with Gasteiger partial charge in [-0.15, -0.1) is 0 Å². The number of likely N-dealkylation sites (tertiary alicyclic amines) is 1. The van der Waals surface area contributed by atoms with Gasteiger partial charge in [-0.2, -0.15) is 0 Å². The second-order valence-corrected chi connectivity index (χ2v) is 8.58. The van der Waals surface area contributed by atoms with Crippen LogP contribution in [0.25, 0.3) is 0 Å². The maximum Gasteiger partial charge on any atom is 0.245 e. The van der Waals surface area contributed by atoms with Crippen LogP contribution in [-0.4, -0.2) is 22.3 Å². The average molecular weight is 413 g/mol. The lowest BCUT2D eigenvalue weighted by Crippen LogP contribution is -2.63. The Morgan fingerprint density at radius 1 is 0.935 bits per heavy atom. The maximum absolute atomic E-state index is 13.5. The zero-order valence-corrected chi connectivity index (χ0v) is 18.0. The van der Waals surface area contributed by atoms with E-state index >= 15 is 0 Å². The third-order valence-corrected chi connectivity index (χ3v) is 6.08. The normalized spacial score (nSPS) is 17.0. The minimum Gasteiger partial charge on any atom is -0.347 e. The Morgan fingerprint density at radius 3 is 2.06 bits per heavy atom. The Kier molecular flexibility index (Phi) is 5.90. The van der Waals surface area contributed by atoms with Crippen molar-refractivity contribution in [1.82, 2.24) is 10.2 Å². The van der Waals surface area contributed by atoms with Crippen LogP contribution in [0.2, 0.25) is 0 Å². The van der Waals surface area contributed by atoms with Crippen molar-refractivity contribution >= 4 is 11.8 Å². The number of nitrogens with zero attached hydrogens (tertiary/aromatic N) is 1. The highest BCUT2D eigenvalue weighted by molar-refractivity contribution is 5.94. The van der Waals surface area contributed by atoms with Crippen LogP contribution in [0, 0.1) is 0 Å². The first-order chi connectivity index (χ1) is 15.0. The molecule has 4 rings (SSSR count). The molecular formula is C27H28N2O2. The SMILES string of the molecule is CC(C)(C(=O)NC(Cc1ccccc1)c1ccccc1)N1C(=O)CC1c1ccccc1. The third kappa shape index (κ3) is 4.38. The van der Waals surface area contributed by atoms with Crippen LogP contribution in [0.5, 0.6) is 0 Å². The van der Waals surface area contributed by atoms with Crippen LogP contribution < -0.4 is 5.32 Å². The highest BCUT2D eigenvalue weighted by Crippen LogP contribution is 2.40. The van der Waals surface area contributed by atoms with Crippen molar-refractivity contribution in [1.29, 1.82) is 0 Å². The van der Waals surface area contributed by atoms with Crippen LogP contribution >= 0.6 is 0 Å². The number of amides is 2. The molecular weight excluding hydrogens is 384 g/mol. The van der Waals surface area contributed by atoms with Gasteiger partial charge in [0.1, 0.15) is 5.54 Å². The number of β-lactam (4-membered cyclic amide) rings is 1. The summed E-state index contributed by atoms with van der Waals surface area (Å²) >= 11 is 0. The molecule has 0 bridgehead atoms.